The summed E-state index contributed by atoms with van der Waals surface area (Å²) in [5, 5.41) is 2.92. The Morgan fingerprint density at radius 1 is 1.08 bits per heavy atom. The highest BCUT2D eigenvalue weighted by molar-refractivity contribution is 5.95. The Bertz CT molecular complexity index is 531. The third-order valence-corrected chi connectivity index (χ3v) is 4.62. The molecule has 1 aromatic rings. The summed E-state index contributed by atoms with van der Waals surface area (Å²) < 4.78 is 0. The lowest BCUT2D eigenvalue weighted by Gasteiger charge is -2.20. The highest BCUT2D eigenvalue weighted by Gasteiger charge is 2.17. The summed E-state index contributed by atoms with van der Waals surface area (Å²) >= 11 is 0. The second-order valence-electron chi connectivity index (χ2n) is 6.93. The van der Waals surface area contributed by atoms with Crippen LogP contribution in [0.1, 0.15) is 69.2 Å². The van der Waals surface area contributed by atoms with Crippen molar-refractivity contribution < 1.29 is 9.59 Å². The number of nitrogens with zero attached hydrogens (tertiary/aromatic N) is 1. The highest BCUT2D eigenvalue weighted by Crippen LogP contribution is 2.17. The molecule has 0 bridgehead atoms. The molecule has 1 aliphatic rings. The SMILES string of the molecule is CCCC(C)CC(=O)Nc1ccc(C(=O)N2CCCCCC2)cc1. The standard InChI is InChI=1S/C20H30N2O2/c1-3-8-16(2)15-19(23)21-18-11-9-17(10-12-18)20(24)22-13-6-4-5-7-14-22/h9-12,16H,3-8,13-15H2,1-2H3,(H,21,23). The second kappa shape index (κ2) is 9.45. The Morgan fingerprint density at radius 3 is 2.29 bits per heavy atom. The summed E-state index contributed by atoms with van der Waals surface area (Å²) in [6, 6.07) is 7.29. The molecule has 0 aliphatic carbocycles. The second-order valence-corrected chi connectivity index (χ2v) is 6.93. The summed E-state index contributed by atoms with van der Waals surface area (Å²) in [4.78, 5) is 26.5. The van der Waals surface area contributed by atoms with E-state index in [9.17, 15) is 9.59 Å². The zero-order valence-electron chi connectivity index (χ0n) is 15.0. The molecule has 24 heavy (non-hydrogen) atoms. The van der Waals surface area contributed by atoms with Gasteiger partial charge in [0, 0.05) is 30.8 Å². The van der Waals surface area contributed by atoms with Crippen LogP contribution in [0.15, 0.2) is 24.3 Å². The van der Waals surface area contributed by atoms with E-state index >= 15 is 0 Å². The lowest BCUT2D eigenvalue weighted by Crippen LogP contribution is -2.31. The van der Waals surface area contributed by atoms with Gasteiger partial charge in [0.05, 0.1) is 0 Å². The normalized spacial score (nSPS) is 16.3. The van der Waals surface area contributed by atoms with Crippen molar-refractivity contribution in [3.8, 4) is 0 Å². The van der Waals surface area contributed by atoms with Crippen LogP contribution in [0, 0.1) is 5.92 Å². The van der Waals surface area contributed by atoms with E-state index in [0.29, 0.717) is 17.9 Å². The van der Waals surface area contributed by atoms with Gasteiger partial charge in [0.15, 0.2) is 0 Å². The van der Waals surface area contributed by atoms with E-state index in [-0.39, 0.29) is 11.8 Å². The number of amides is 2. The summed E-state index contributed by atoms with van der Waals surface area (Å²) in [7, 11) is 0. The van der Waals surface area contributed by atoms with Gasteiger partial charge in [-0.3, -0.25) is 9.59 Å². The fraction of sp³-hybridized carbons (Fsp3) is 0.600. The Kier molecular flexibility index (Phi) is 7.29. The number of hydrogen-bond acceptors (Lipinski definition) is 2. The zero-order chi connectivity index (χ0) is 17.4. The van der Waals surface area contributed by atoms with Crippen molar-refractivity contribution in [2.24, 2.45) is 5.92 Å². The van der Waals surface area contributed by atoms with Gasteiger partial charge in [0.2, 0.25) is 5.91 Å². The maximum Gasteiger partial charge on any atom is 0.253 e. The molecule has 1 aromatic carbocycles. The molecule has 0 spiro atoms. The molecule has 1 fully saturated rings. The van der Waals surface area contributed by atoms with Crippen LogP contribution in [0.25, 0.3) is 0 Å². The molecular weight excluding hydrogens is 300 g/mol. The first kappa shape index (κ1) is 18.5. The predicted octanol–water partition coefficient (Wildman–Crippen LogP) is 4.47. The van der Waals surface area contributed by atoms with Gasteiger partial charge in [-0.1, -0.05) is 39.5 Å². The first-order valence-corrected chi connectivity index (χ1v) is 9.29. The van der Waals surface area contributed by atoms with Crippen molar-refractivity contribution in [2.75, 3.05) is 18.4 Å². The lowest BCUT2D eigenvalue weighted by atomic mass is 10.0. The third-order valence-electron chi connectivity index (χ3n) is 4.62. The minimum absolute atomic E-state index is 0.0440. The Hall–Kier alpha value is -1.84. The average molecular weight is 330 g/mol. The fourth-order valence-corrected chi connectivity index (χ4v) is 3.28. The quantitative estimate of drug-likeness (QED) is 0.836. The van der Waals surface area contributed by atoms with Crippen LogP contribution >= 0.6 is 0 Å². The number of likely N-dealkylation sites (tertiary alicyclic amines) is 1. The Balaban J connectivity index is 1.90. The number of nitrogens with one attached hydrogen (secondary N) is 1. The number of rotatable bonds is 6. The molecule has 1 unspecified atom stereocenters. The minimum atomic E-state index is 0.0440. The largest absolute Gasteiger partial charge is 0.339 e. The van der Waals surface area contributed by atoms with E-state index in [1.54, 1.807) is 0 Å². The van der Waals surface area contributed by atoms with Gasteiger partial charge in [-0.05, 0) is 43.0 Å². The third kappa shape index (κ3) is 5.66. The molecule has 2 amide bonds. The van der Waals surface area contributed by atoms with Crippen LogP contribution in [0.4, 0.5) is 5.69 Å². The number of anilines is 1. The zero-order valence-corrected chi connectivity index (χ0v) is 15.0. The molecule has 1 aliphatic heterocycles. The monoisotopic (exact) mass is 330 g/mol. The number of carbonyl (C=O) groups is 2. The van der Waals surface area contributed by atoms with Gasteiger partial charge >= 0.3 is 0 Å². The van der Waals surface area contributed by atoms with Crippen LogP contribution in [0.5, 0.6) is 0 Å². The number of hydrogen-bond donors (Lipinski definition) is 1. The van der Waals surface area contributed by atoms with Gasteiger partial charge in [-0.25, -0.2) is 0 Å². The van der Waals surface area contributed by atoms with Gasteiger partial charge in [0.25, 0.3) is 5.91 Å². The minimum Gasteiger partial charge on any atom is -0.339 e. The molecule has 4 heteroatoms. The molecule has 0 saturated carbocycles. The molecule has 2 rings (SSSR count). The van der Waals surface area contributed by atoms with Gasteiger partial charge in [-0.15, -0.1) is 0 Å². The van der Waals surface area contributed by atoms with Crippen molar-refractivity contribution in [3.63, 3.8) is 0 Å². The molecule has 1 saturated heterocycles. The van der Waals surface area contributed by atoms with E-state index in [1.807, 2.05) is 29.2 Å². The Morgan fingerprint density at radius 2 is 1.71 bits per heavy atom. The number of benzene rings is 1. The molecule has 0 radical (unpaired) electrons. The number of carbonyl (C=O) groups excluding carboxylic acids is 2. The van der Waals surface area contributed by atoms with Crippen LogP contribution < -0.4 is 5.32 Å². The van der Waals surface area contributed by atoms with E-state index < -0.39 is 0 Å². The first-order valence-electron chi connectivity index (χ1n) is 9.29. The van der Waals surface area contributed by atoms with Crippen LogP contribution in [0.3, 0.4) is 0 Å². The van der Waals surface area contributed by atoms with Crippen molar-refractivity contribution >= 4 is 17.5 Å². The maximum absolute atomic E-state index is 12.5. The van der Waals surface area contributed by atoms with Gasteiger partial charge < -0.3 is 10.2 Å². The molecule has 0 aromatic heterocycles. The molecule has 4 nitrogen and oxygen atoms in total. The predicted molar refractivity (Wildman–Crippen MR) is 98.1 cm³/mol. The van der Waals surface area contributed by atoms with Crippen LogP contribution in [-0.2, 0) is 4.79 Å². The van der Waals surface area contributed by atoms with E-state index in [0.717, 1.165) is 44.5 Å². The summed E-state index contributed by atoms with van der Waals surface area (Å²) in [6.45, 7) is 5.94. The topological polar surface area (TPSA) is 49.4 Å². The summed E-state index contributed by atoms with van der Waals surface area (Å²) in [5.41, 5.74) is 1.46. The van der Waals surface area contributed by atoms with Crippen molar-refractivity contribution in [1.82, 2.24) is 4.90 Å². The van der Waals surface area contributed by atoms with E-state index in [1.165, 1.54) is 12.8 Å². The van der Waals surface area contributed by atoms with Gasteiger partial charge in [-0.2, -0.15) is 0 Å². The molecule has 1 N–H and O–H groups in total. The fourth-order valence-electron chi connectivity index (χ4n) is 3.28. The van der Waals surface area contributed by atoms with Crippen molar-refractivity contribution in [2.45, 2.75) is 58.8 Å². The molecule has 1 atom stereocenters. The lowest BCUT2D eigenvalue weighted by molar-refractivity contribution is -0.117. The average Bonchev–Trinajstić information content (AvgIpc) is 2.84. The Labute approximate surface area is 145 Å². The van der Waals surface area contributed by atoms with Crippen molar-refractivity contribution in [3.05, 3.63) is 29.8 Å². The molecular formula is C20H30N2O2. The van der Waals surface area contributed by atoms with Gasteiger partial charge in [0.1, 0.15) is 0 Å². The highest BCUT2D eigenvalue weighted by atomic mass is 16.2. The molecule has 132 valence electrons. The maximum atomic E-state index is 12.5. The smallest absolute Gasteiger partial charge is 0.253 e. The summed E-state index contributed by atoms with van der Waals surface area (Å²) in [6.07, 6.45) is 7.32. The summed E-state index contributed by atoms with van der Waals surface area (Å²) in [5.74, 6) is 0.549. The van der Waals surface area contributed by atoms with E-state index in [2.05, 4.69) is 19.2 Å². The van der Waals surface area contributed by atoms with Crippen LogP contribution in [0.2, 0.25) is 0 Å². The van der Waals surface area contributed by atoms with Crippen molar-refractivity contribution in [1.29, 1.82) is 0 Å². The van der Waals surface area contributed by atoms with Crippen LogP contribution in [-0.4, -0.2) is 29.8 Å². The molecule has 1 heterocycles. The van der Waals surface area contributed by atoms with E-state index in [4.69, 9.17) is 0 Å². The first-order chi connectivity index (χ1) is 11.6.